The molecule has 15 heteroatoms. The van der Waals surface area contributed by atoms with E-state index in [1.807, 2.05) is 13.8 Å². The van der Waals surface area contributed by atoms with Crippen molar-refractivity contribution in [2.24, 2.45) is 0 Å². The van der Waals surface area contributed by atoms with Gasteiger partial charge in [0, 0.05) is 7.05 Å². The van der Waals surface area contributed by atoms with Crippen molar-refractivity contribution >= 4 is 58.4 Å². The number of rotatable bonds is 11. The SMILES string of the molecule is CC.CNc1nc(N(Nc2nc(Nc3ccc(C(=O)O)cc3OC)ncc2OC)c2ccc(C(=O)O)cc2)ncc1Cl. The van der Waals surface area contributed by atoms with Crippen molar-refractivity contribution in [3.05, 3.63) is 71.0 Å². The number of aromatic nitrogens is 4. The number of hydrazine groups is 1. The standard InChI is InChI=1S/C25H23ClN8O6.C2H6/c1-27-20-16(26)11-29-25(32-20)34(15-7-4-13(5-8-15)22(35)36)33-21-19(40-3)12-28-24(31-21)30-17-9-6-14(23(37)38)10-18(17)39-2;1-2/h4-12H,1-3H3,(H,35,36)(H,37,38)(H,27,29,32)(H2,28,30,31,33);1-2H3. The molecule has 2 aromatic heterocycles. The molecule has 5 N–H and O–H groups in total. The lowest BCUT2D eigenvalue weighted by atomic mass is 10.2. The first-order chi connectivity index (χ1) is 20.2. The molecule has 2 aromatic carbocycles. The van der Waals surface area contributed by atoms with Gasteiger partial charge >= 0.3 is 11.9 Å². The van der Waals surface area contributed by atoms with E-state index in [0.717, 1.165) is 0 Å². The number of methoxy groups -OCH3 is 2. The van der Waals surface area contributed by atoms with Crippen LogP contribution in [-0.4, -0.2) is 63.4 Å². The number of hydrogen-bond acceptors (Lipinski definition) is 12. The average Bonchev–Trinajstić information content (AvgIpc) is 3.01. The molecule has 2 heterocycles. The van der Waals surface area contributed by atoms with Crippen molar-refractivity contribution in [2.75, 3.05) is 42.3 Å². The molecule has 0 aliphatic rings. The zero-order chi connectivity index (χ0) is 30.8. The molecule has 0 unspecified atom stereocenters. The summed E-state index contributed by atoms with van der Waals surface area (Å²) in [5.74, 6) is -0.832. The van der Waals surface area contributed by atoms with E-state index in [4.69, 9.17) is 21.1 Å². The molecule has 0 fully saturated rings. The number of anilines is 6. The van der Waals surface area contributed by atoms with Crippen molar-refractivity contribution in [3.8, 4) is 11.5 Å². The lowest BCUT2D eigenvalue weighted by Gasteiger charge is -2.25. The normalized spacial score (nSPS) is 10.0. The molecule has 0 spiro atoms. The van der Waals surface area contributed by atoms with Crippen LogP contribution >= 0.6 is 11.6 Å². The Bertz CT molecular complexity index is 1550. The van der Waals surface area contributed by atoms with Crippen molar-refractivity contribution in [2.45, 2.75) is 13.8 Å². The van der Waals surface area contributed by atoms with Gasteiger partial charge in [0.25, 0.3) is 5.95 Å². The van der Waals surface area contributed by atoms with E-state index in [0.29, 0.717) is 22.2 Å². The van der Waals surface area contributed by atoms with Crippen LogP contribution < -0.4 is 30.5 Å². The van der Waals surface area contributed by atoms with Gasteiger partial charge < -0.3 is 30.3 Å². The van der Waals surface area contributed by atoms with E-state index in [9.17, 15) is 19.8 Å². The zero-order valence-corrected chi connectivity index (χ0v) is 24.1. The Kier molecular flexibility index (Phi) is 10.6. The minimum absolute atomic E-state index is 0.0499. The summed E-state index contributed by atoms with van der Waals surface area (Å²) < 4.78 is 10.8. The molecule has 0 radical (unpaired) electrons. The van der Waals surface area contributed by atoms with E-state index < -0.39 is 11.9 Å². The van der Waals surface area contributed by atoms with Crippen LogP contribution in [0.15, 0.2) is 54.9 Å². The lowest BCUT2D eigenvalue weighted by molar-refractivity contribution is 0.0686. The van der Waals surface area contributed by atoms with Gasteiger partial charge in [-0.25, -0.2) is 24.6 Å². The Morgan fingerprint density at radius 3 is 2.10 bits per heavy atom. The fraction of sp³-hybridized carbons (Fsp3) is 0.185. The van der Waals surface area contributed by atoms with Crippen molar-refractivity contribution in [1.82, 2.24) is 19.9 Å². The monoisotopic (exact) mass is 596 g/mol. The van der Waals surface area contributed by atoms with Crippen molar-refractivity contribution in [1.29, 1.82) is 0 Å². The minimum Gasteiger partial charge on any atom is -0.495 e. The third kappa shape index (κ3) is 7.22. The molecular formula is C27H29ClN8O6. The zero-order valence-electron chi connectivity index (χ0n) is 23.3. The number of benzene rings is 2. The highest BCUT2D eigenvalue weighted by Crippen LogP contribution is 2.32. The molecule has 0 saturated heterocycles. The van der Waals surface area contributed by atoms with Crippen LogP contribution in [0, 0.1) is 0 Å². The van der Waals surface area contributed by atoms with Crippen LogP contribution in [0.3, 0.4) is 0 Å². The average molecular weight is 597 g/mol. The molecule has 14 nitrogen and oxygen atoms in total. The molecule has 0 aliphatic heterocycles. The van der Waals surface area contributed by atoms with E-state index in [-0.39, 0.29) is 40.3 Å². The molecule has 0 saturated carbocycles. The van der Waals surface area contributed by atoms with Crippen LogP contribution in [0.25, 0.3) is 0 Å². The number of nitrogens with zero attached hydrogens (tertiary/aromatic N) is 5. The molecule has 4 aromatic rings. The predicted molar refractivity (Wildman–Crippen MR) is 159 cm³/mol. The summed E-state index contributed by atoms with van der Waals surface area (Å²) in [6, 6.07) is 10.3. The summed E-state index contributed by atoms with van der Waals surface area (Å²) in [5.41, 5.74) is 4.12. The Morgan fingerprint density at radius 2 is 1.50 bits per heavy atom. The molecule has 0 aliphatic carbocycles. The number of nitrogens with one attached hydrogen (secondary N) is 3. The first kappa shape index (κ1) is 31.2. The van der Waals surface area contributed by atoms with Gasteiger partial charge in [-0.15, -0.1) is 0 Å². The maximum absolute atomic E-state index is 11.4. The van der Waals surface area contributed by atoms with Crippen molar-refractivity contribution < 1.29 is 29.3 Å². The quantitative estimate of drug-likeness (QED) is 0.140. The highest BCUT2D eigenvalue weighted by molar-refractivity contribution is 6.32. The van der Waals surface area contributed by atoms with E-state index in [1.165, 1.54) is 62.0 Å². The Labute approximate surface area is 246 Å². The number of carbonyl (C=O) groups is 2. The second-order valence-corrected chi connectivity index (χ2v) is 8.28. The van der Waals surface area contributed by atoms with Crippen LogP contribution in [0.4, 0.5) is 34.9 Å². The van der Waals surface area contributed by atoms with Gasteiger partial charge in [0.2, 0.25) is 5.95 Å². The number of aromatic carboxylic acids is 2. The number of carboxylic acid groups (broad SMARTS) is 2. The minimum atomic E-state index is -1.10. The molecule has 0 atom stereocenters. The first-order valence-corrected chi connectivity index (χ1v) is 12.8. The Balaban J connectivity index is 0.00000237. The number of ether oxygens (including phenoxy) is 2. The van der Waals surface area contributed by atoms with E-state index in [1.54, 1.807) is 19.2 Å². The topological polar surface area (TPSA) is 184 Å². The van der Waals surface area contributed by atoms with Crippen LogP contribution in [0.5, 0.6) is 11.5 Å². The predicted octanol–water partition coefficient (Wildman–Crippen LogP) is 5.31. The highest BCUT2D eigenvalue weighted by Gasteiger charge is 2.20. The summed E-state index contributed by atoms with van der Waals surface area (Å²) >= 11 is 6.18. The number of halogens is 1. The molecule has 0 bridgehead atoms. The number of hydrogen-bond donors (Lipinski definition) is 5. The molecule has 0 amide bonds. The third-order valence-corrected chi connectivity index (χ3v) is 5.70. The van der Waals surface area contributed by atoms with Gasteiger partial charge in [-0.05, 0) is 42.5 Å². The second kappa shape index (κ2) is 14.3. The molecular weight excluding hydrogens is 568 g/mol. The molecule has 220 valence electrons. The summed E-state index contributed by atoms with van der Waals surface area (Å²) in [7, 11) is 4.50. The number of carboxylic acids is 2. The third-order valence-electron chi connectivity index (χ3n) is 5.43. The maximum atomic E-state index is 11.4. The largest absolute Gasteiger partial charge is 0.495 e. The first-order valence-electron chi connectivity index (χ1n) is 12.4. The van der Waals surface area contributed by atoms with Gasteiger partial charge in [-0.1, -0.05) is 25.4 Å². The fourth-order valence-corrected chi connectivity index (χ4v) is 3.62. The summed E-state index contributed by atoms with van der Waals surface area (Å²) in [4.78, 5) is 40.2. The smallest absolute Gasteiger partial charge is 0.335 e. The Morgan fingerprint density at radius 1 is 0.857 bits per heavy atom. The second-order valence-electron chi connectivity index (χ2n) is 7.87. The Hall–Kier alpha value is -5.37. The van der Waals surface area contributed by atoms with Crippen LogP contribution in [-0.2, 0) is 0 Å². The van der Waals surface area contributed by atoms with Crippen LogP contribution in [0.2, 0.25) is 5.02 Å². The highest BCUT2D eigenvalue weighted by atomic mass is 35.5. The maximum Gasteiger partial charge on any atom is 0.335 e. The summed E-state index contributed by atoms with van der Waals surface area (Å²) in [6.45, 7) is 4.00. The van der Waals surface area contributed by atoms with Crippen molar-refractivity contribution in [3.63, 3.8) is 0 Å². The summed E-state index contributed by atoms with van der Waals surface area (Å²) in [5, 5.41) is 26.2. The summed E-state index contributed by atoms with van der Waals surface area (Å²) in [6.07, 6.45) is 2.83. The van der Waals surface area contributed by atoms with E-state index >= 15 is 0 Å². The molecule has 4 rings (SSSR count). The van der Waals surface area contributed by atoms with Gasteiger partial charge in [0.05, 0.1) is 49.1 Å². The molecule has 42 heavy (non-hydrogen) atoms. The van der Waals surface area contributed by atoms with E-state index in [2.05, 4.69) is 36.0 Å². The van der Waals surface area contributed by atoms with Gasteiger partial charge in [0.1, 0.15) is 16.6 Å². The fourth-order valence-electron chi connectivity index (χ4n) is 3.44. The van der Waals surface area contributed by atoms with Crippen LogP contribution in [0.1, 0.15) is 34.6 Å². The lowest BCUT2D eigenvalue weighted by Crippen LogP contribution is -2.28. The van der Waals surface area contributed by atoms with Gasteiger partial charge in [0.15, 0.2) is 11.6 Å². The van der Waals surface area contributed by atoms with Gasteiger partial charge in [-0.3, -0.25) is 5.43 Å². The van der Waals surface area contributed by atoms with Gasteiger partial charge in [-0.2, -0.15) is 9.97 Å².